The van der Waals surface area contributed by atoms with Crippen molar-refractivity contribution in [2.24, 2.45) is 5.92 Å². The molecule has 3 aromatic rings. The lowest BCUT2D eigenvalue weighted by Crippen LogP contribution is -2.54. The molecule has 6 nitrogen and oxygen atoms in total. The van der Waals surface area contributed by atoms with Crippen molar-refractivity contribution in [3.05, 3.63) is 77.0 Å². The smallest absolute Gasteiger partial charge is 0.187 e. The van der Waals surface area contributed by atoms with E-state index in [9.17, 15) is 32.6 Å². The molecule has 4 atom stereocenters. The van der Waals surface area contributed by atoms with E-state index in [2.05, 4.69) is 9.97 Å². The molecule has 1 aliphatic carbocycles. The van der Waals surface area contributed by atoms with Gasteiger partial charge in [-0.15, -0.1) is 0 Å². The molecule has 1 fully saturated rings. The molecule has 190 valence electrons. The van der Waals surface area contributed by atoms with E-state index < -0.39 is 58.8 Å². The van der Waals surface area contributed by atoms with Gasteiger partial charge in [-0.1, -0.05) is 13.0 Å². The minimum Gasteiger partial charge on any atom is -0.397 e. The zero-order valence-electron chi connectivity index (χ0n) is 19.4. The van der Waals surface area contributed by atoms with Crippen LogP contribution in [0.15, 0.2) is 42.7 Å². The van der Waals surface area contributed by atoms with Crippen LogP contribution in [0.4, 0.5) is 23.2 Å². The van der Waals surface area contributed by atoms with Crippen LogP contribution >= 0.6 is 0 Å². The number of halogens is 4. The first-order valence-electron chi connectivity index (χ1n) is 11.4. The second kappa shape index (κ2) is 9.94. The van der Waals surface area contributed by atoms with Gasteiger partial charge in [0.1, 0.15) is 35.3 Å². The van der Waals surface area contributed by atoms with E-state index in [1.165, 1.54) is 12.4 Å². The lowest BCUT2D eigenvalue weighted by molar-refractivity contribution is -0.146. The van der Waals surface area contributed by atoms with Crippen molar-refractivity contribution in [3.8, 4) is 11.3 Å². The van der Waals surface area contributed by atoms with E-state index >= 15 is 0 Å². The summed E-state index contributed by atoms with van der Waals surface area (Å²) in [7, 11) is 0. The molecule has 0 bridgehead atoms. The van der Waals surface area contributed by atoms with Crippen molar-refractivity contribution in [3.63, 3.8) is 0 Å². The standard InChI is InChI=1S/C26H25F4N3O3/c1-13-7-14(9-22(35)26(13,36)12-27)16-5-6-32-11-15(16)8-21(34)25-20(31)10-19(30)24(33-25)23-17(28)3-2-4-18(23)29/h2-6,10-11,13-14,22,35-36H,7-9,12,31H2,1H3/t13-,14+,22+,26+/m1/s1. The summed E-state index contributed by atoms with van der Waals surface area (Å²) in [5, 5.41) is 20.9. The van der Waals surface area contributed by atoms with Gasteiger partial charge in [0.25, 0.3) is 0 Å². The molecule has 0 saturated heterocycles. The normalized spacial score (nSPS) is 24.0. The third-order valence-corrected chi connectivity index (χ3v) is 6.99. The Morgan fingerprint density at radius 2 is 1.86 bits per heavy atom. The highest BCUT2D eigenvalue weighted by atomic mass is 19.1. The maximum atomic E-state index is 14.6. The Balaban J connectivity index is 1.66. The van der Waals surface area contributed by atoms with Crippen LogP contribution in [-0.2, 0) is 6.42 Å². The number of nitrogen functional groups attached to an aromatic ring is 1. The fourth-order valence-electron chi connectivity index (χ4n) is 4.87. The summed E-state index contributed by atoms with van der Waals surface area (Å²) >= 11 is 0. The van der Waals surface area contributed by atoms with Crippen LogP contribution in [0.5, 0.6) is 0 Å². The molecule has 0 unspecified atom stereocenters. The number of rotatable bonds is 6. The molecule has 2 aromatic heterocycles. The van der Waals surface area contributed by atoms with Crippen molar-refractivity contribution in [2.75, 3.05) is 12.4 Å². The van der Waals surface area contributed by atoms with E-state index in [-0.39, 0.29) is 30.1 Å². The van der Waals surface area contributed by atoms with Gasteiger partial charge in [0.15, 0.2) is 11.6 Å². The number of carbonyl (C=O) groups is 1. The molecule has 1 aromatic carbocycles. The molecule has 0 radical (unpaired) electrons. The number of pyridine rings is 2. The maximum absolute atomic E-state index is 14.6. The SMILES string of the molecule is C[C@@H]1C[C@H](c2ccncc2CC(=O)c2nc(-c3c(F)cccc3F)c(F)cc2N)C[C@H](O)[C@]1(O)CF. The zero-order chi connectivity index (χ0) is 26.2. The molecular weight excluding hydrogens is 478 g/mol. The van der Waals surface area contributed by atoms with Crippen molar-refractivity contribution in [2.45, 2.75) is 43.8 Å². The molecule has 1 saturated carbocycles. The Morgan fingerprint density at radius 1 is 1.17 bits per heavy atom. The molecule has 0 aliphatic heterocycles. The average Bonchev–Trinajstić information content (AvgIpc) is 2.83. The summed E-state index contributed by atoms with van der Waals surface area (Å²) in [4.78, 5) is 21.1. The van der Waals surface area contributed by atoms with Crippen LogP contribution in [0, 0.1) is 23.4 Å². The van der Waals surface area contributed by atoms with E-state index in [1.807, 2.05) is 0 Å². The molecule has 0 spiro atoms. The molecule has 2 heterocycles. The second-order valence-corrected chi connectivity index (χ2v) is 9.24. The Hall–Kier alpha value is -3.37. The predicted octanol–water partition coefficient (Wildman–Crippen LogP) is 4.14. The molecule has 4 N–H and O–H groups in total. The topological polar surface area (TPSA) is 109 Å². The highest BCUT2D eigenvalue weighted by molar-refractivity contribution is 6.00. The fraction of sp³-hybridized carbons (Fsp3) is 0.346. The average molecular weight is 503 g/mol. The number of nitrogens with two attached hydrogens (primary N) is 1. The second-order valence-electron chi connectivity index (χ2n) is 9.24. The number of benzene rings is 1. The van der Waals surface area contributed by atoms with Crippen LogP contribution in [0.25, 0.3) is 11.3 Å². The van der Waals surface area contributed by atoms with Gasteiger partial charge in [-0.3, -0.25) is 9.78 Å². The number of hydrogen-bond donors (Lipinski definition) is 3. The maximum Gasteiger partial charge on any atom is 0.187 e. The third-order valence-electron chi connectivity index (χ3n) is 6.99. The molecule has 0 amide bonds. The van der Waals surface area contributed by atoms with Crippen LogP contribution in [0.1, 0.15) is 47.3 Å². The van der Waals surface area contributed by atoms with Gasteiger partial charge in [-0.05, 0) is 54.0 Å². The number of ketones is 1. The Morgan fingerprint density at radius 3 is 2.50 bits per heavy atom. The Kier molecular flexibility index (Phi) is 7.10. The monoisotopic (exact) mass is 503 g/mol. The Bertz CT molecular complexity index is 1270. The van der Waals surface area contributed by atoms with Crippen molar-refractivity contribution in [1.29, 1.82) is 0 Å². The summed E-state index contributed by atoms with van der Waals surface area (Å²) in [6.07, 6.45) is 1.83. The van der Waals surface area contributed by atoms with Crippen LogP contribution in [0.2, 0.25) is 0 Å². The minimum atomic E-state index is -1.84. The van der Waals surface area contributed by atoms with Crippen molar-refractivity contribution < 1.29 is 32.6 Å². The first-order valence-corrected chi connectivity index (χ1v) is 11.4. The summed E-state index contributed by atoms with van der Waals surface area (Å²) in [6, 6.07) is 5.49. The summed E-state index contributed by atoms with van der Waals surface area (Å²) < 4.78 is 56.5. The van der Waals surface area contributed by atoms with Gasteiger partial charge in [-0.25, -0.2) is 22.5 Å². The number of nitrogens with zero attached hydrogens (tertiary/aromatic N) is 2. The van der Waals surface area contributed by atoms with Crippen LogP contribution in [0.3, 0.4) is 0 Å². The predicted molar refractivity (Wildman–Crippen MR) is 124 cm³/mol. The van der Waals surface area contributed by atoms with E-state index in [0.29, 0.717) is 17.5 Å². The Labute approximate surface area is 204 Å². The first-order chi connectivity index (χ1) is 17.1. The van der Waals surface area contributed by atoms with Crippen LogP contribution < -0.4 is 5.73 Å². The fourth-order valence-corrected chi connectivity index (χ4v) is 4.87. The number of hydrogen-bond acceptors (Lipinski definition) is 6. The van der Waals surface area contributed by atoms with Gasteiger partial charge in [0.05, 0.1) is 17.4 Å². The lowest BCUT2D eigenvalue weighted by Gasteiger charge is -2.44. The van der Waals surface area contributed by atoms with Gasteiger partial charge in [0, 0.05) is 24.9 Å². The van der Waals surface area contributed by atoms with Gasteiger partial charge >= 0.3 is 0 Å². The lowest BCUT2D eigenvalue weighted by atomic mass is 9.68. The number of aliphatic hydroxyl groups is 2. The quantitative estimate of drug-likeness (QED) is 0.345. The van der Waals surface area contributed by atoms with Gasteiger partial charge < -0.3 is 15.9 Å². The molecular formula is C26H25F4N3O3. The third kappa shape index (κ3) is 4.58. The summed E-state index contributed by atoms with van der Waals surface area (Å²) in [6.45, 7) is 0.567. The number of anilines is 1. The van der Waals surface area contributed by atoms with Gasteiger partial charge in [0.2, 0.25) is 0 Å². The highest BCUT2D eigenvalue weighted by Crippen LogP contribution is 2.43. The van der Waals surface area contributed by atoms with E-state index in [0.717, 1.165) is 24.3 Å². The van der Waals surface area contributed by atoms with E-state index in [4.69, 9.17) is 5.73 Å². The first kappa shape index (κ1) is 25.7. The number of aliphatic hydroxyl groups excluding tert-OH is 1. The number of carbonyl (C=O) groups excluding carboxylic acids is 1. The molecule has 4 rings (SSSR count). The van der Waals surface area contributed by atoms with Crippen molar-refractivity contribution >= 4 is 11.5 Å². The molecule has 36 heavy (non-hydrogen) atoms. The van der Waals surface area contributed by atoms with E-state index in [1.54, 1.807) is 13.0 Å². The minimum absolute atomic E-state index is 0.0730. The molecule has 10 heteroatoms. The molecule has 1 aliphatic rings. The summed E-state index contributed by atoms with van der Waals surface area (Å²) in [5.74, 6) is -4.66. The van der Waals surface area contributed by atoms with Gasteiger partial charge in [-0.2, -0.15) is 0 Å². The highest BCUT2D eigenvalue weighted by Gasteiger charge is 2.47. The number of aromatic nitrogens is 2. The largest absolute Gasteiger partial charge is 0.397 e. The van der Waals surface area contributed by atoms with Crippen molar-refractivity contribution in [1.82, 2.24) is 9.97 Å². The number of Topliss-reactive ketones (excluding diaryl/α,β-unsaturated/α-hetero) is 1. The van der Waals surface area contributed by atoms with Crippen LogP contribution in [-0.4, -0.2) is 44.3 Å². The number of alkyl halides is 1. The zero-order valence-corrected chi connectivity index (χ0v) is 19.4. The summed E-state index contributed by atoms with van der Waals surface area (Å²) in [5.41, 5.74) is 3.11.